The van der Waals surface area contributed by atoms with E-state index in [0.29, 0.717) is 12.2 Å². The van der Waals surface area contributed by atoms with Crippen LogP contribution >= 0.6 is 0 Å². The molecule has 1 aromatic carbocycles. The van der Waals surface area contributed by atoms with Gasteiger partial charge in [0, 0.05) is 69.7 Å². The number of urea groups is 1. The Morgan fingerprint density at radius 3 is 2.66 bits per heavy atom. The summed E-state index contributed by atoms with van der Waals surface area (Å²) in [6.07, 6.45) is 5.66. The number of carbonyl (C=O) groups excluding carboxylic acids is 1. The highest BCUT2D eigenvalue weighted by Gasteiger charge is 2.24. The van der Waals surface area contributed by atoms with Gasteiger partial charge in [0.1, 0.15) is 17.8 Å². The zero-order chi connectivity index (χ0) is 26.5. The van der Waals surface area contributed by atoms with Crippen LogP contribution in [-0.4, -0.2) is 92.0 Å². The highest BCUT2D eigenvalue weighted by atomic mass is 16.5. The second-order valence-corrected chi connectivity index (χ2v) is 9.41. The van der Waals surface area contributed by atoms with Gasteiger partial charge in [-0.2, -0.15) is 0 Å². The number of hydrogen-bond acceptors (Lipinski definition) is 7. The van der Waals surface area contributed by atoms with Gasteiger partial charge in [-0.25, -0.2) is 19.7 Å². The number of rotatable bonds is 8. The number of nitrogens with one attached hydrogen (secondary N) is 1. The molecule has 1 fully saturated rings. The zero-order valence-corrected chi connectivity index (χ0v) is 22.2. The van der Waals surface area contributed by atoms with Crippen molar-refractivity contribution in [3.63, 3.8) is 0 Å². The Kier molecular flexibility index (Phi) is 7.78. The molecule has 5 rings (SSSR count). The molecule has 0 aliphatic carbocycles. The third kappa shape index (κ3) is 5.60. The van der Waals surface area contributed by atoms with Crippen LogP contribution in [0.25, 0.3) is 22.3 Å². The van der Waals surface area contributed by atoms with E-state index in [-0.39, 0.29) is 6.03 Å². The smallest absolute Gasteiger partial charge is 0.320 e. The lowest BCUT2D eigenvalue weighted by Gasteiger charge is -2.37. The van der Waals surface area contributed by atoms with Crippen molar-refractivity contribution in [3.05, 3.63) is 66.1 Å². The van der Waals surface area contributed by atoms with Crippen molar-refractivity contribution in [2.24, 2.45) is 0 Å². The number of ether oxygens (including phenoxy) is 1. The maximum atomic E-state index is 12.6. The van der Waals surface area contributed by atoms with Gasteiger partial charge in [-0.1, -0.05) is 6.07 Å². The van der Waals surface area contributed by atoms with Crippen molar-refractivity contribution in [3.8, 4) is 17.0 Å². The molecule has 0 atom stereocenters. The maximum absolute atomic E-state index is 12.6. The van der Waals surface area contributed by atoms with Gasteiger partial charge in [0.25, 0.3) is 0 Å². The van der Waals surface area contributed by atoms with E-state index in [2.05, 4.69) is 37.0 Å². The quantitative estimate of drug-likeness (QED) is 0.383. The molecule has 1 aliphatic rings. The van der Waals surface area contributed by atoms with E-state index in [1.165, 1.54) is 11.9 Å². The number of imidazole rings is 1. The third-order valence-electron chi connectivity index (χ3n) is 7.02. The van der Waals surface area contributed by atoms with Crippen LogP contribution in [0.2, 0.25) is 0 Å². The fraction of sp³-hybridized carbons (Fsp3) is 0.393. The molecule has 4 heterocycles. The highest BCUT2D eigenvalue weighted by molar-refractivity contribution is 5.82. The molecule has 10 nitrogen and oxygen atoms in total. The van der Waals surface area contributed by atoms with Gasteiger partial charge < -0.3 is 19.5 Å². The Hall–Kier alpha value is -4.05. The summed E-state index contributed by atoms with van der Waals surface area (Å²) in [6, 6.07) is 10.4. The van der Waals surface area contributed by atoms with Crippen molar-refractivity contribution in [1.29, 1.82) is 0 Å². The van der Waals surface area contributed by atoms with Gasteiger partial charge in [0.05, 0.1) is 24.3 Å². The first-order valence-electron chi connectivity index (χ1n) is 13.1. The first kappa shape index (κ1) is 25.6. The Bertz CT molecular complexity index is 1390. The Balaban J connectivity index is 1.23. The zero-order valence-electron chi connectivity index (χ0n) is 22.2. The first-order chi connectivity index (χ1) is 18.6. The van der Waals surface area contributed by atoms with Crippen LogP contribution < -0.4 is 4.74 Å². The SMILES string of the molecule is CCN(CC)C(=O)N1CCN(Cc2ccnc(Cc3nc4ccc(-c5ncncc5OC)cc4[nH]3)c2)CC1. The lowest BCUT2D eigenvalue weighted by atomic mass is 10.1. The van der Waals surface area contributed by atoms with E-state index < -0.39 is 0 Å². The Morgan fingerprint density at radius 2 is 1.89 bits per heavy atom. The summed E-state index contributed by atoms with van der Waals surface area (Å²) in [4.78, 5) is 40.1. The minimum atomic E-state index is 0.148. The number of aromatic amines is 1. The van der Waals surface area contributed by atoms with E-state index in [9.17, 15) is 4.79 Å². The Morgan fingerprint density at radius 1 is 1.08 bits per heavy atom. The van der Waals surface area contributed by atoms with Gasteiger partial charge in [-0.05, 0) is 43.7 Å². The van der Waals surface area contributed by atoms with Crippen molar-refractivity contribution >= 4 is 17.1 Å². The summed E-state index contributed by atoms with van der Waals surface area (Å²) in [5.41, 5.74) is 5.69. The van der Waals surface area contributed by atoms with Gasteiger partial charge in [-0.3, -0.25) is 9.88 Å². The number of methoxy groups -OCH3 is 1. The predicted molar refractivity (Wildman–Crippen MR) is 146 cm³/mol. The summed E-state index contributed by atoms with van der Waals surface area (Å²) in [5, 5.41) is 0. The molecule has 0 unspecified atom stereocenters. The monoisotopic (exact) mass is 514 g/mol. The topological polar surface area (TPSA) is 103 Å². The van der Waals surface area contributed by atoms with Crippen molar-refractivity contribution in [2.75, 3.05) is 46.4 Å². The van der Waals surface area contributed by atoms with E-state index in [4.69, 9.17) is 9.72 Å². The Labute approximate surface area is 222 Å². The summed E-state index contributed by atoms with van der Waals surface area (Å²) in [5.74, 6) is 1.49. The molecular formula is C28H34N8O2. The van der Waals surface area contributed by atoms with E-state index in [1.54, 1.807) is 13.3 Å². The van der Waals surface area contributed by atoms with Crippen LogP contribution in [0.4, 0.5) is 4.79 Å². The van der Waals surface area contributed by atoms with E-state index >= 15 is 0 Å². The molecule has 0 radical (unpaired) electrons. The second kappa shape index (κ2) is 11.6. The van der Waals surface area contributed by atoms with Crippen molar-refractivity contribution in [1.82, 2.24) is 39.6 Å². The fourth-order valence-electron chi connectivity index (χ4n) is 4.92. The van der Waals surface area contributed by atoms with Crippen LogP contribution in [0, 0.1) is 0 Å². The average molecular weight is 515 g/mol. The van der Waals surface area contributed by atoms with Crippen LogP contribution in [-0.2, 0) is 13.0 Å². The van der Waals surface area contributed by atoms with Crippen LogP contribution in [0.15, 0.2) is 49.1 Å². The number of pyridine rings is 1. The molecule has 10 heteroatoms. The normalized spacial score (nSPS) is 14.1. The number of H-pyrrole nitrogens is 1. The van der Waals surface area contributed by atoms with Gasteiger partial charge >= 0.3 is 6.03 Å². The van der Waals surface area contributed by atoms with Crippen molar-refractivity contribution < 1.29 is 9.53 Å². The molecule has 1 N–H and O–H groups in total. The maximum Gasteiger partial charge on any atom is 0.320 e. The number of fused-ring (bicyclic) bond motifs is 1. The first-order valence-corrected chi connectivity index (χ1v) is 13.1. The number of nitrogens with zero attached hydrogens (tertiary/aromatic N) is 7. The lowest BCUT2D eigenvalue weighted by Crippen LogP contribution is -2.52. The standard InChI is InChI=1S/C28H34N8O2/c1-4-35(5-2)28(37)36-12-10-34(11-13-36)18-20-8-9-30-22(14-20)16-26-32-23-7-6-21(15-24(23)33-26)27-25(38-3)17-29-19-31-27/h6-9,14-15,17,19H,4-5,10-13,16,18H2,1-3H3,(H,32,33). The average Bonchev–Trinajstić information content (AvgIpc) is 3.35. The molecule has 0 saturated carbocycles. The van der Waals surface area contributed by atoms with Crippen LogP contribution in [0.5, 0.6) is 5.75 Å². The largest absolute Gasteiger partial charge is 0.493 e. The summed E-state index contributed by atoms with van der Waals surface area (Å²) < 4.78 is 5.41. The summed E-state index contributed by atoms with van der Waals surface area (Å²) >= 11 is 0. The van der Waals surface area contributed by atoms with Gasteiger partial charge in [0.15, 0.2) is 5.75 Å². The number of carbonyl (C=O) groups is 1. The molecule has 198 valence electrons. The molecule has 1 aliphatic heterocycles. The fourth-order valence-corrected chi connectivity index (χ4v) is 4.92. The molecule has 0 bridgehead atoms. The van der Waals surface area contributed by atoms with Crippen LogP contribution in [0.3, 0.4) is 0 Å². The van der Waals surface area contributed by atoms with Crippen molar-refractivity contribution in [2.45, 2.75) is 26.8 Å². The molecule has 38 heavy (non-hydrogen) atoms. The third-order valence-corrected chi connectivity index (χ3v) is 7.02. The molecule has 0 spiro atoms. The molecule has 1 saturated heterocycles. The second-order valence-electron chi connectivity index (χ2n) is 9.41. The predicted octanol–water partition coefficient (Wildman–Crippen LogP) is 3.59. The van der Waals surface area contributed by atoms with E-state index in [1.807, 2.05) is 48.0 Å². The molecule has 4 aromatic rings. The number of hydrogen-bond donors (Lipinski definition) is 1. The number of aromatic nitrogens is 5. The molecule has 2 amide bonds. The number of amides is 2. The minimum absolute atomic E-state index is 0.148. The number of piperazine rings is 1. The molecular weight excluding hydrogens is 480 g/mol. The highest BCUT2D eigenvalue weighted by Crippen LogP contribution is 2.28. The van der Waals surface area contributed by atoms with E-state index in [0.717, 1.165) is 79.6 Å². The summed E-state index contributed by atoms with van der Waals surface area (Å²) in [7, 11) is 1.62. The number of benzene rings is 1. The minimum Gasteiger partial charge on any atom is -0.493 e. The summed E-state index contributed by atoms with van der Waals surface area (Å²) in [6.45, 7) is 9.65. The van der Waals surface area contributed by atoms with Gasteiger partial charge in [-0.15, -0.1) is 0 Å². The van der Waals surface area contributed by atoms with Crippen LogP contribution in [0.1, 0.15) is 30.9 Å². The van der Waals surface area contributed by atoms with Gasteiger partial charge in [0.2, 0.25) is 0 Å². The lowest BCUT2D eigenvalue weighted by molar-refractivity contribution is 0.112. The molecule has 3 aromatic heterocycles.